The van der Waals surface area contributed by atoms with Gasteiger partial charge in [0.1, 0.15) is 0 Å². The zero-order chi connectivity index (χ0) is 12.3. The second-order valence-electron chi connectivity index (χ2n) is 4.67. The lowest BCUT2D eigenvalue weighted by Crippen LogP contribution is -2.26. The SMILES string of the molecule is COC(=O)CCc1ccc2c(c1)CCN(C)C2. The lowest BCUT2D eigenvalue weighted by Gasteiger charge is -2.25. The highest BCUT2D eigenvalue weighted by atomic mass is 16.5. The van der Waals surface area contributed by atoms with E-state index in [2.05, 4.69) is 34.9 Å². The number of benzene rings is 1. The molecule has 3 heteroatoms. The van der Waals surface area contributed by atoms with Gasteiger partial charge in [-0.2, -0.15) is 0 Å². The molecular formula is C14H19NO2. The summed E-state index contributed by atoms with van der Waals surface area (Å²) >= 11 is 0. The smallest absolute Gasteiger partial charge is 0.305 e. The molecule has 0 radical (unpaired) electrons. The van der Waals surface area contributed by atoms with Crippen LogP contribution in [0.3, 0.4) is 0 Å². The van der Waals surface area contributed by atoms with Crippen LogP contribution in [0.4, 0.5) is 0 Å². The number of hydrogen-bond acceptors (Lipinski definition) is 3. The van der Waals surface area contributed by atoms with Gasteiger partial charge in [0.15, 0.2) is 0 Å². The summed E-state index contributed by atoms with van der Waals surface area (Å²) < 4.78 is 4.65. The van der Waals surface area contributed by atoms with Crippen LogP contribution in [0.5, 0.6) is 0 Å². The molecule has 0 aliphatic carbocycles. The quantitative estimate of drug-likeness (QED) is 0.745. The Balaban J connectivity index is 2.04. The number of ether oxygens (including phenoxy) is 1. The summed E-state index contributed by atoms with van der Waals surface area (Å²) in [6.45, 7) is 2.15. The molecule has 0 unspecified atom stereocenters. The predicted octanol–water partition coefficient (Wildman–Crippen LogP) is 1.78. The number of rotatable bonds is 3. The van der Waals surface area contributed by atoms with E-state index in [9.17, 15) is 4.79 Å². The van der Waals surface area contributed by atoms with Gasteiger partial charge in [-0.3, -0.25) is 4.79 Å². The molecule has 0 bridgehead atoms. The molecule has 0 N–H and O–H groups in total. The minimum Gasteiger partial charge on any atom is -0.469 e. The monoisotopic (exact) mass is 233 g/mol. The van der Waals surface area contributed by atoms with Crippen LogP contribution in [-0.4, -0.2) is 31.6 Å². The maximum absolute atomic E-state index is 11.1. The molecule has 0 atom stereocenters. The van der Waals surface area contributed by atoms with E-state index in [1.807, 2.05) is 0 Å². The Morgan fingerprint density at radius 1 is 1.41 bits per heavy atom. The van der Waals surface area contributed by atoms with Gasteiger partial charge in [0.2, 0.25) is 0 Å². The molecule has 0 amide bonds. The second kappa shape index (κ2) is 5.32. The molecule has 17 heavy (non-hydrogen) atoms. The fourth-order valence-electron chi connectivity index (χ4n) is 2.25. The Bertz CT molecular complexity index is 415. The lowest BCUT2D eigenvalue weighted by molar-refractivity contribution is -0.140. The summed E-state index contributed by atoms with van der Waals surface area (Å²) in [6, 6.07) is 6.56. The zero-order valence-electron chi connectivity index (χ0n) is 10.5. The van der Waals surface area contributed by atoms with E-state index >= 15 is 0 Å². The molecule has 0 aromatic heterocycles. The molecule has 0 fully saturated rings. The Morgan fingerprint density at radius 2 is 2.24 bits per heavy atom. The number of esters is 1. The van der Waals surface area contributed by atoms with Gasteiger partial charge < -0.3 is 9.64 Å². The van der Waals surface area contributed by atoms with Gasteiger partial charge >= 0.3 is 5.97 Å². The third kappa shape index (κ3) is 3.07. The minimum absolute atomic E-state index is 0.137. The number of hydrogen-bond donors (Lipinski definition) is 0. The van der Waals surface area contributed by atoms with Crippen LogP contribution in [0.15, 0.2) is 18.2 Å². The summed E-state index contributed by atoms with van der Waals surface area (Å²) in [4.78, 5) is 13.4. The van der Waals surface area contributed by atoms with Crippen molar-refractivity contribution in [3.05, 3.63) is 34.9 Å². The summed E-state index contributed by atoms with van der Waals surface area (Å²) in [6.07, 6.45) is 2.35. The second-order valence-corrected chi connectivity index (χ2v) is 4.67. The van der Waals surface area contributed by atoms with E-state index in [0.717, 1.165) is 25.9 Å². The molecule has 0 saturated heterocycles. The third-order valence-corrected chi connectivity index (χ3v) is 3.32. The fourth-order valence-corrected chi connectivity index (χ4v) is 2.25. The van der Waals surface area contributed by atoms with Crippen LogP contribution in [0.25, 0.3) is 0 Å². The van der Waals surface area contributed by atoms with Gasteiger partial charge in [0.05, 0.1) is 7.11 Å². The van der Waals surface area contributed by atoms with E-state index in [-0.39, 0.29) is 5.97 Å². The normalized spacial score (nSPS) is 15.4. The summed E-state index contributed by atoms with van der Waals surface area (Å²) in [5, 5.41) is 0. The van der Waals surface area contributed by atoms with Gasteiger partial charge in [0, 0.05) is 19.5 Å². The maximum atomic E-state index is 11.1. The number of likely N-dealkylation sites (N-methyl/N-ethyl adjacent to an activating group) is 1. The number of fused-ring (bicyclic) bond motifs is 1. The average molecular weight is 233 g/mol. The highest BCUT2D eigenvalue weighted by Gasteiger charge is 2.13. The van der Waals surface area contributed by atoms with Crippen molar-refractivity contribution in [3.8, 4) is 0 Å². The summed E-state index contributed by atoms with van der Waals surface area (Å²) in [5.41, 5.74) is 4.09. The molecule has 1 aliphatic rings. The number of carbonyl (C=O) groups excluding carboxylic acids is 1. The maximum Gasteiger partial charge on any atom is 0.305 e. The highest BCUT2D eigenvalue weighted by molar-refractivity contribution is 5.69. The van der Waals surface area contributed by atoms with Crippen molar-refractivity contribution < 1.29 is 9.53 Å². The van der Waals surface area contributed by atoms with Crippen LogP contribution in [0.2, 0.25) is 0 Å². The number of methoxy groups -OCH3 is 1. The van der Waals surface area contributed by atoms with Crippen LogP contribution in [0.1, 0.15) is 23.1 Å². The van der Waals surface area contributed by atoms with E-state index in [0.29, 0.717) is 6.42 Å². The molecule has 0 saturated carbocycles. The first-order valence-corrected chi connectivity index (χ1v) is 6.05. The van der Waals surface area contributed by atoms with Crippen LogP contribution in [0, 0.1) is 0 Å². The minimum atomic E-state index is -0.137. The highest BCUT2D eigenvalue weighted by Crippen LogP contribution is 2.20. The summed E-state index contributed by atoms with van der Waals surface area (Å²) in [7, 11) is 3.58. The number of aryl methyl sites for hydroxylation is 1. The van der Waals surface area contributed by atoms with E-state index in [4.69, 9.17) is 0 Å². The molecule has 1 aromatic carbocycles. The van der Waals surface area contributed by atoms with Crippen molar-refractivity contribution in [3.63, 3.8) is 0 Å². The number of nitrogens with zero attached hydrogens (tertiary/aromatic N) is 1. The summed E-state index contributed by atoms with van der Waals surface area (Å²) in [5.74, 6) is -0.137. The van der Waals surface area contributed by atoms with Crippen molar-refractivity contribution in [2.75, 3.05) is 20.7 Å². The first kappa shape index (κ1) is 12.1. The third-order valence-electron chi connectivity index (χ3n) is 3.32. The van der Waals surface area contributed by atoms with Crippen LogP contribution in [-0.2, 0) is 28.9 Å². The fraction of sp³-hybridized carbons (Fsp3) is 0.500. The zero-order valence-corrected chi connectivity index (χ0v) is 10.5. The van der Waals surface area contributed by atoms with E-state index in [1.54, 1.807) is 0 Å². The standard InChI is InChI=1S/C14H19NO2/c1-15-8-7-12-9-11(3-5-13(12)10-15)4-6-14(16)17-2/h3,5,9H,4,6-8,10H2,1-2H3. The number of carbonyl (C=O) groups is 1. The predicted molar refractivity (Wildman–Crippen MR) is 66.8 cm³/mol. The molecule has 1 aromatic rings. The van der Waals surface area contributed by atoms with Gasteiger partial charge in [-0.15, -0.1) is 0 Å². The Kier molecular flexibility index (Phi) is 3.79. The molecule has 1 heterocycles. The van der Waals surface area contributed by atoms with Crippen LogP contribution >= 0.6 is 0 Å². The Hall–Kier alpha value is -1.35. The Labute approximate surface area is 102 Å². The lowest BCUT2D eigenvalue weighted by atomic mass is 9.96. The molecule has 3 nitrogen and oxygen atoms in total. The molecular weight excluding hydrogens is 214 g/mol. The van der Waals surface area contributed by atoms with Gasteiger partial charge in [-0.05, 0) is 36.6 Å². The van der Waals surface area contributed by atoms with Crippen molar-refractivity contribution in [1.82, 2.24) is 4.90 Å². The molecule has 1 aliphatic heterocycles. The Morgan fingerprint density at radius 3 is 3.00 bits per heavy atom. The topological polar surface area (TPSA) is 29.5 Å². The van der Waals surface area contributed by atoms with Gasteiger partial charge in [-0.25, -0.2) is 0 Å². The molecule has 2 rings (SSSR count). The van der Waals surface area contributed by atoms with E-state index < -0.39 is 0 Å². The first-order chi connectivity index (χ1) is 8.19. The van der Waals surface area contributed by atoms with E-state index in [1.165, 1.54) is 23.8 Å². The van der Waals surface area contributed by atoms with Gasteiger partial charge in [-0.1, -0.05) is 18.2 Å². The average Bonchev–Trinajstić information content (AvgIpc) is 2.35. The van der Waals surface area contributed by atoms with Gasteiger partial charge in [0.25, 0.3) is 0 Å². The molecule has 0 spiro atoms. The van der Waals surface area contributed by atoms with Crippen LogP contribution < -0.4 is 0 Å². The molecule has 92 valence electrons. The van der Waals surface area contributed by atoms with Crippen molar-refractivity contribution in [2.24, 2.45) is 0 Å². The first-order valence-electron chi connectivity index (χ1n) is 6.05. The van der Waals surface area contributed by atoms with Crippen molar-refractivity contribution in [2.45, 2.75) is 25.8 Å². The largest absolute Gasteiger partial charge is 0.469 e. The van der Waals surface area contributed by atoms with Crippen molar-refractivity contribution >= 4 is 5.97 Å². The van der Waals surface area contributed by atoms with Crippen molar-refractivity contribution in [1.29, 1.82) is 0 Å².